The van der Waals surface area contributed by atoms with Gasteiger partial charge < -0.3 is 14.8 Å². The fourth-order valence-electron chi connectivity index (χ4n) is 1.95. The fraction of sp³-hybridized carbons (Fsp3) is 0.167. The number of para-hydroxylation sites is 1. The molecule has 2 N–H and O–H groups in total. The van der Waals surface area contributed by atoms with Gasteiger partial charge in [0.15, 0.2) is 0 Å². The SMILES string of the molecule is Cc1cccc2c1nc(N)n2Cc1ccon1. The Balaban J connectivity index is 2.16. The van der Waals surface area contributed by atoms with Crippen molar-refractivity contribution < 1.29 is 4.52 Å². The molecule has 1 aromatic carbocycles. The molecule has 17 heavy (non-hydrogen) atoms. The number of rotatable bonds is 2. The summed E-state index contributed by atoms with van der Waals surface area (Å²) in [6.07, 6.45) is 1.55. The highest BCUT2D eigenvalue weighted by Gasteiger charge is 2.10. The van der Waals surface area contributed by atoms with Crippen molar-refractivity contribution in [1.29, 1.82) is 0 Å². The van der Waals surface area contributed by atoms with E-state index in [1.165, 1.54) is 0 Å². The second-order valence-electron chi connectivity index (χ2n) is 3.99. The molecule has 5 nitrogen and oxygen atoms in total. The van der Waals surface area contributed by atoms with Crippen LogP contribution in [0, 0.1) is 6.92 Å². The number of nitrogen functional groups attached to an aromatic ring is 1. The molecule has 0 saturated carbocycles. The van der Waals surface area contributed by atoms with Gasteiger partial charge in [0, 0.05) is 6.07 Å². The van der Waals surface area contributed by atoms with Crippen molar-refractivity contribution in [1.82, 2.24) is 14.7 Å². The van der Waals surface area contributed by atoms with Crippen molar-refractivity contribution in [3.63, 3.8) is 0 Å². The summed E-state index contributed by atoms with van der Waals surface area (Å²) in [5.41, 5.74) is 9.84. The average Bonchev–Trinajstić information content (AvgIpc) is 2.91. The van der Waals surface area contributed by atoms with E-state index < -0.39 is 0 Å². The highest BCUT2D eigenvalue weighted by molar-refractivity contribution is 5.81. The van der Waals surface area contributed by atoms with Crippen LogP contribution in [0.2, 0.25) is 0 Å². The van der Waals surface area contributed by atoms with E-state index >= 15 is 0 Å². The minimum Gasteiger partial charge on any atom is -0.369 e. The smallest absolute Gasteiger partial charge is 0.201 e. The second kappa shape index (κ2) is 3.62. The predicted molar refractivity (Wildman–Crippen MR) is 64.5 cm³/mol. The third-order valence-electron chi connectivity index (χ3n) is 2.82. The number of anilines is 1. The molecule has 0 radical (unpaired) electrons. The summed E-state index contributed by atoms with van der Waals surface area (Å²) in [5.74, 6) is 0.498. The van der Waals surface area contributed by atoms with E-state index in [2.05, 4.69) is 10.1 Å². The first-order valence-electron chi connectivity index (χ1n) is 5.36. The number of nitrogens with zero attached hydrogens (tertiary/aromatic N) is 3. The van der Waals surface area contributed by atoms with Crippen molar-refractivity contribution in [3.8, 4) is 0 Å². The van der Waals surface area contributed by atoms with Crippen molar-refractivity contribution in [2.24, 2.45) is 0 Å². The van der Waals surface area contributed by atoms with Crippen LogP contribution in [-0.2, 0) is 6.54 Å². The molecule has 0 saturated heterocycles. The van der Waals surface area contributed by atoms with E-state index in [1.807, 2.05) is 35.8 Å². The number of benzene rings is 1. The molecule has 0 aliphatic rings. The van der Waals surface area contributed by atoms with Gasteiger partial charge in [0.25, 0.3) is 0 Å². The first-order valence-corrected chi connectivity index (χ1v) is 5.36. The minimum atomic E-state index is 0.498. The van der Waals surface area contributed by atoms with E-state index in [0.717, 1.165) is 22.3 Å². The number of aryl methyl sites for hydroxylation is 1. The predicted octanol–water partition coefficient (Wildman–Crippen LogP) is 1.96. The highest BCUT2D eigenvalue weighted by atomic mass is 16.5. The van der Waals surface area contributed by atoms with Crippen LogP contribution in [0.5, 0.6) is 0 Å². The van der Waals surface area contributed by atoms with Crippen LogP contribution in [0.25, 0.3) is 11.0 Å². The zero-order valence-corrected chi connectivity index (χ0v) is 9.42. The highest BCUT2D eigenvalue weighted by Crippen LogP contribution is 2.21. The van der Waals surface area contributed by atoms with Gasteiger partial charge in [-0.15, -0.1) is 0 Å². The van der Waals surface area contributed by atoms with E-state index in [1.54, 1.807) is 6.26 Å². The lowest BCUT2D eigenvalue weighted by atomic mass is 10.2. The monoisotopic (exact) mass is 228 g/mol. The molecule has 0 spiro atoms. The molecule has 0 bridgehead atoms. The summed E-state index contributed by atoms with van der Waals surface area (Å²) in [6, 6.07) is 7.85. The maximum Gasteiger partial charge on any atom is 0.201 e. The second-order valence-corrected chi connectivity index (χ2v) is 3.99. The van der Waals surface area contributed by atoms with Crippen LogP contribution in [0.4, 0.5) is 5.95 Å². The lowest BCUT2D eigenvalue weighted by Crippen LogP contribution is -2.04. The topological polar surface area (TPSA) is 69.9 Å². The minimum absolute atomic E-state index is 0.498. The molecule has 5 heteroatoms. The Labute approximate surface area is 97.8 Å². The summed E-state index contributed by atoms with van der Waals surface area (Å²) in [7, 11) is 0. The van der Waals surface area contributed by atoms with E-state index in [-0.39, 0.29) is 0 Å². The van der Waals surface area contributed by atoms with Gasteiger partial charge in [0.1, 0.15) is 12.0 Å². The van der Waals surface area contributed by atoms with E-state index in [9.17, 15) is 0 Å². The van der Waals surface area contributed by atoms with Crippen LogP contribution in [0.15, 0.2) is 35.1 Å². The molecular formula is C12H12N4O. The number of aromatic nitrogens is 3. The standard InChI is InChI=1S/C12H12N4O/c1-8-3-2-4-10-11(8)14-12(13)16(10)7-9-5-6-17-15-9/h2-6H,7H2,1H3,(H2,13,14). The van der Waals surface area contributed by atoms with Gasteiger partial charge in [-0.3, -0.25) is 0 Å². The molecule has 86 valence electrons. The molecule has 0 unspecified atom stereocenters. The third-order valence-corrected chi connectivity index (χ3v) is 2.82. The summed E-state index contributed by atoms with van der Waals surface area (Å²) >= 11 is 0. The Morgan fingerprint density at radius 1 is 1.35 bits per heavy atom. The number of hydrogen-bond donors (Lipinski definition) is 1. The Kier molecular flexibility index (Phi) is 2.11. The van der Waals surface area contributed by atoms with E-state index in [4.69, 9.17) is 10.3 Å². The van der Waals surface area contributed by atoms with Crippen LogP contribution in [-0.4, -0.2) is 14.7 Å². The van der Waals surface area contributed by atoms with Gasteiger partial charge in [-0.2, -0.15) is 0 Å². The largest absolute Gasteiger partial charge is 0.369 e. The van der Waals surface area contributed by atoms with Gasteiger partial charge >= 0.3 is 0 Å². The number of nitrogens with two attached hydrogens (primary N) is 1. The number of hydrogen-bond acceptors (Lipinski definition) is 4. The molecule has 2 aromatic heterocycles. The summed E-state index contributed by atoms with van der Waals surface area (Å²) in [4.78, 5) is 4.38. The summed E-state index contributed by atoms with van der Waals surface area (Å²) in [5, 5.41) is 3.88. The van der Waals surface area contributed by atoms with Crippen molar-refractivity contribution in [2.45, 2.75) is 13.5 Å². The first kappa shape index (κ1) is 9.89. The van der Waals surface area contributed by atoms with Crippen LogP contribution >= 0.6 is 0 Å². The molecule has 0 atom stereocenters. The number of fused-ring (bicyclic) bond motifs is 1. The van der Waals surface area contributed by atoms with Crippen molar-refractivity contribution in [2.75, 3.05) is 5.73 Å². The number of imidazole rings is 1. The third kappa shape index (κ3) is 1.56. The van der Waals surface area contributed by atoms with Crippen LogP contribution < -0.4 is 5.73 Å². The van der Waals surface area contributed by atoms with Gasteiger partial charge in [-0.1, -0.05) is 17.3 Å². The van der Waals surface area contributed by atoms with Gasteiger partial charge in [0.05, 0.1) is 17.6 Å². The molecule has 3 aromatic rings. The first-order chi connectivity index (χ1) is 8.25. The molecular weight excluding hydrogens is 216 g/mol. The van der Waals surface area contributed by atoms with E-state index in [0.29, 0.717) is 12.5 Å². The maximum absolute atomic E-state index is 5.93. The normalized spacial score (nSPS) is 11.1. The fourth-order valence-corrected chi connectivity index (χ4v) is 1.95. The van der Waals surface area contributed by atoms with Crippen LogP contribution in [0.3, 0.4) is 0 Å². The molecule has 0 aliphatic carbocycles. The molecule has 2 heterocycles. The lowest BCUT2D eigenvalue weighted by Gasteiger charge is -2.03. The Hall–Kier alpha value is -2.30. The molecule has 0 amide bonds. The lowest BCUT2D eigenvalue weighted by molar-refractivity contribution is 0.410. The summed E-state index contributed by atoms with van der Waals surface area (Å²) < 4.78 is 6.75. The maximum atomic E-state index is 5.93. The van der Waals surface area contributed by atoms with Crippen LogP contribution in [0.1, 0.15) is 11.3 Å². The van der Waals surface area contributed by atoms with Crippen molar-refractivity contribution >= 4 is 17.0 Å². The quantitative estimate of drug-likeness (QED) is 0.728. The zero-order valence-electron chi connectivity index (χ0n) is 9.42. The van der Waals surface area contributed by atoms with Gasteiger partial charge in [0.2, 0.25) is 5.95 Å². The summed E-state index contributed by atoms with van der Waals surface area (Å²) in [6.45, 7) is 2.59. The Morgan fingerprint density at radius 2 is 2.24 bits per heavy atom. The zero-order chi connectivity index (χ0) is 11.8. The Bertz CT molecular complexity index is 655. The Morgan fingerprint density at radius 3 is 3.00 bits per heavy atom. The molecule has 3 rings (SSSR count). The van der Waals surface area contributed by atoms with Crippen molar-refractivity contribution in [3.05, 3.63) is 41.8 Å². The van der Waals surface area contributed by atoms with Gasteiger partial charge in [-0.25, -0.2) is 4.98 Å². The molecule has 0 fully saturated rings. The van der Waals surface area contributed by atoms with Gasteiger partial charge in [-0.05, 0) is 18.6 Å². The molecule has 0 aliphatic heterocycles. The average molecular weight is 228 g/mol.